The molecule has 2 unspecified atom stereocenters. The third-order valence-corrected chi connectivity index (χ3v) is 3.50. The molecule has 0 fully saturated rings. The van der Waals surface area contributed by atoms with Gasteiger partial charge in [0.15, 0.2) is 0 Å². The first kappa shape index (κ1) is 16.9. The fourth-order valence-electron chi connectivity index (χ4n) is 2.37. The molecule has 2 N–H and O–H groups in total. The molecule has 23 heavy (non-hydrogen) atoms. The van der Waals surface area contributed by atoms with Crippen molar-refractivity contribution in [2.24, 2.45) is 5.92 Å². The summed E-state index contributed by atoms with van der Waals surface area (Å²) in [4.78, 5) is 14.9. The van der Waals surface area contributed by atoms with Crippen molar-refractivity contribution in [3.63, 3.8) is 0 Å². The Morgan fingerprint density at radius 3 is 2.65 bits per heavy atom. The highest BCUT2D eigenvalue weighted by Crippen LogP contribution is 2.31. The van der Waals surface area contributed by atoms with E-state index in [2.05, 4.69) is 16.4 Å². The Hall–Kier alpha value is -2.49. The summed E-state index contributed by atoms with van der Waals surface area (Å²) in [6, 6.07) is 6.54. The molecule has 1 heterocycles. The maximum atomic E-state index is 12.7. The lowest BCUT2D eigenvalue weighted by Gasteiger charge is -2.14. The SMILES string of the molecule is CC(C#N)CC(C)NC(=O)c1cc2cc(C(F)(F)F)ccc2[nH]1. The van der Waals surface area contributed by atoms with Gasteiger partial charge in [-0.2, -0.15) is 18.4 Å². The number of fused-ring (bicyclic) bond motifs is 1. The minimum absolute atomic E-state index is 0.191. The van der Waals surface area contributed by atoms with Gasteiger partial charge in [-0.3, -0.25) is 4.79 Å². The second kappa shape index (κ2) is 6.32. The minimum Gasteiger partial charge on any atom is -0.351 e. The molecule has 122 valence electrons. The Morgan fingerprint density at radius 1 is 1.35 bits per heavy atom. The third-order valence-electron chi connectivity index (χ3n) is 3.50. The van der Waals surface area contributed by atoms with E-state index in [0.717, 1.165) is 12.1 Å². The molecule has 1 aromatic heterocycles. The molecule has 2 rings (SSSR count). The first-order chi connectivity index (χ1) is 10.7. The number of hydrogen-bond donors (Lipinski definition) is 2. The molecule has 0 aliphatic rings. The van der Waals surface area contributed by atoms with Gasteiger partial charge in [-0.1, -0.05) is 0 Å². The van der Waals surface area contributed by atoms with Crippen molar-refractivity contribution in [3.05, 3.63) is 35.5 Å². The summed E-state index contributed by atoms with van der Waals surface area (Å²) in [6.07, 6.45) is -3.92. The molecule has 0 aliphatic heterocycles. The highest BCUT2D eigenvalue weighted by Gasteiger charge is 2.30. The zero-order valence-corrected chi connectivity index (χ0v) is 12.7. The van der Waals surface area contributed by atoms with Gasteiger partial charge in [0.2, 0.25) is 0 Å². The quantitative estimate of drug-likeness (QED) is 0.897. The van der Waals surface area contributed by atoms with Gasteiger partial charge in [-0.05, 0) is 44.5 Å². The molecule has 0 aliphatic carbocycles. The number of nitrogens with zero attached hydrogens (tertiary/aromatic N) is 1. The van der Waals surface area contributed by atoms with Gasteiger partial charge in [0.05, 0.1) is 11.6 Å². The Labute approximate surface area is 131 Å². The summed E-state index contributed by atoms with van der Waals surface area (Å²) < 4.78 is 38.1. The maximum Gasteiger partial charge on any atom is 0.416 e. The smallest absolute Gasteiger partial charge is 0.351 e. The number of aromatic nitrogens is 1. The van der Waals surface area contributed by atoms with Crippen LogP contribution in [-0.2, 0) is 6.18 Å². The number of nitrogens with one attached hydrogen (secondary N) is 2. The molecule has 0 spiro atoms. The van der Waals surface area contributed by atoms with Crippen molar-refractivity contribution < 1.29 is 18.0 Å². The van der Waals surface area contributed by atoms with E-state index in [4.69, 9.17) is 5.26 Å². The average molecular weight is 323 g/mol. The van der Waals surface area contributed by atoms with Crippen LogP contribution < -0.4 is 5.32 Å². The summed E-state index contributed by atoms with van der Waals surface area (Å²) in [7, 11) is 0. The van der Waals surface area contributed by atoms with Crippen LogP contribution >= 0.6 is 0 Å². The predicted molar refractivity (Wildman–Crippen MR) is 79.6 cm³/mol. The van der Waals surface area contributed by atoms with E-state index in [-0.39, 0.29) is 17.7 Å². The molecule has 0 bridgehead atoms. The molecule has 0 radical (unpaired) electrons. The van der Waals surface area contributed by atoms with E-state index in [1.165, 1.54) is 12.1 Å². The Bertz CT molecular complexity index is 758. The second-order valence-corrected chi connectivity index (χ2v) is 5.62. The lowest BCUT2D eigenvalue weighted by Crippen LogP contribution is -2.33. The number of rotatable bonds is 4. The maximum absolute atomic E-state index is 12.7. The topological polar surface area (TPSA) is 68.7 Å². The lowest BCUT2D eigenvalue weighted by molar-refractivity contribution is -0.137. The molecule has 1 amide bonds. The summed E-state index contributed by atoms with van der Waals surface area (Å²) in [5.41, 5.74) is -0.107. The van der Waals surface area contributed by atoms with Crippen molar-refractivity contribution >= 4 is 16.8 Å². The van der Waals surface area contributed by atoms with E-state index >= 15 is 0 Å². The number of hydrogen-bond acceptors (Lipinski definition) is 2. The van der Waals surface area contributed by atoms with Crippen molar-refractivity contribution in [1.82, 2.24) is 10.3 Å². The molecule has 0 saturated carbocycles. The van der Waals surface area contributed by atoms with Crippen molar-refractivity contribution in [2.75, 3.05) is 0 Å². The van der Waals surface area contributed by atoms with Crippen molar-refractivity contribution in [3.8, 4) is 6.07 Å². The number of halogens is 3. The van der Waals surface area contributed by atoms with Gasteiger partial charge < -0.3 is 10.3 Å². The monoisotopic (exact) mass is 323 g/mol. The third kappa shape index (κ3) is 4.03. The summed E-state index contributed by atoms with van der Waals surface area (Å²) in [5, 5.41) is 11.8. The number of carbonyl (C=O) groups is 1. The van der Waals surface area contributed by atoms with Crippen LogP contribution in [0.5, 0.6) is 0 Å². The average Bonchev–Trinajstić information content (AvgIpc) is 2.89. The molecule has 1 aromatic carbocycles. The number of amides is 1. The number of H-pyrrole nitrogens is 1. The van der Waals surface area contributed by atoms with Crippen LogP contribution in [0, 0.1) is 17.2 Å². The van der Waals surface area contributed by atoms with Crippen molar-refractivity contribution in [1.29, 1.82) is 5.26 Å². The molecule has 4 nitrogen and oxygen atoms in total. The molecular weight excluding hydrogens is 307 g/mol. The Morgan fingerprint density at radius 2 is 2.04 bits per heavy atom. The normalized spacial score (nSPS) is 14.3. The summed E-state index contributed by atoms with van der Waals surface area (Å²) in [6.45, 7) is 3.53. The summed E-state index contributed by atoms with van der Waals surface area (Å²) in [5.74, 6) is -0.602. The van der Waals surface area contributed by atoms with Crippen LogP contribution in [-0.4, -0.2) is 16.9 Å². The van der Waals surface area contributed by atoms with Gasteiger partial charge in [-0.15, -0.1) is 0 Å². The van der Waals surface area contributed by atoms with E-state index in [0.29, 0.717) is 17.3 Å². The number of alkyl halides is 3. The zero-order chi connectivity index (χ0) is 17.2. The fraction of sp³-hybridized carbons (Fsp3) is 0.375. The predicted octanol–water partition coefficient (Wildman–Crippen LogP) is 3.85. The number of benzene rings is 1. The van der Waals surface area contributed by atoms with Gasteiger partial charge in [0.25, 0.3) is 5.91 Å². The Kier molecular flexibility index (Phi) is 4.64. The fourth-order valence-corrected chi connectivity index (χ4v) is 2.37. The minimum atomic E-state index is -4.42. The van der Waals surface area contributed by atoms with Crippen LogP contribution in [0.3, 0.4) is 0 Å². The van der Waals surface area contributed by atoms with Crippen molar-refractivity contribution in [2.45, 2.75) is 32.5 Å². The standard InChI is InChI=1S/C16H16F3N3O/c1-9(8-20)5-10(2)21-15(23)14-7-11-6-12(16(17,18)19)3-4-13(11)22-14/h3-4,6-7,9-10,22H,5H2,1-2H3,(H,21,23). The molecule has 2 atom stereocenters. The van der Waals surface area contributed by atoms with Crippen LogP contribution in [0.15, 0.2) is 24.3 Å². The Balaban J connectivity index is 2.17. The van der Waals surface area contributed by atoms with Crippen LogP contribution in [0.4, 0.5) is 13.2 Å². The van der Waals surface area contributed by atoms with Gasteiger partial charge >= 0.3 is 6.18 Å². The van der Waals surface area contributed by atoms with Gasteiger partial charge in [0.1, 0.15) is 5.69 Å². The van der Waals surface area contributed by atoms with Crippen LogP contribution in [0.2, 0.25) is 0 Å². The largest absolute Gasteiger partial charge is 0.416 e. The van der Waals surface area contributed by atoms with Gasteiger partial charge in [0, 0.05) is 22.9 Å². The van der Waals surface area contributed by atoms with Crippen LogP contribution in [0.1, 0.15) is 36.3 Å². The van der Waals surface area contributed by atoms with E-state index in [1.807, 2.05) is 0 Å². The molecule has 7 heteroatoms. The second-order valence-electron chi connectivity index (χ2n) is 5.62. The van der Waals surface area contributed by atoms with E-state index < -0.39 is 17.6 Å². The van der Waals surface area contributed by atoms with E-state index in [1.54, 1.807) is 13.8 Å². The highest BCUT2D eigenvalue weighted by molar-refractivity contribution is 5.98. The van der Waals surface area contributed by atoms with Crippen LogP contribution in [0.25, 0.3) is 10.9 Å². The van der Waals surface area contributed by atoms with Gasteiger partial charge in [-0.25, -0.2) is 0 Å². The first-order valence-electron chi connectivity index (χ1n) is 7.11. The lowest BCUT2D eigenvalue weighted by atomic mass is 10.0. The zero-order valence-electron chi connectivity index (χ0n) is 12.7. The number of nitriles is 1. The molecular formula is C16H16F3N3O. The summed E-state index contributed by atoms with van der Waals surface area (Å²) >= 11 is 0. The number of aromatic amines is 1. The molecule has 2 aromatic rings. The highest BCUT2D eigenvalue weighted by atomic mass is 19.4. The number of carbonyl (C=O) groups excluding carboxylic acids is 1. The molecule has 0 saturated heterocycles. The first-order valence-corrected chi connectivity index (χ1v) is 7.11. The van der Waals surface area contributed by atoms with E-state index in [9.17, 15) is 18.0 Å².